The Bertz CT molecular complexity index is 2350. The summed E-state index contributed by atoms with van der Waals surface area (Å²) in [5.74, 6) is -1.40. The molecule has 1 amide bonds. The summed E-state index contributed by atoms with van der Waals surface area (Å²) in [6.07, 6.45) is 3.87. The van der Waals surface area contributed by atoms with Gasteiger partial charge in [-0.2, -0.15) is 5.10 Å². The van der Waals surface area contributed by atoms with Gasteiger partial charge in [0.25, 0.3) is 11.5 Å². The first-order valence-corrected chi connectivity index (χ1v) is 17.9. The number of fused-ring (bicyclic) bond motifs is 2. The van der Waals surface area contributed by atoms with Crippen LogP contribution in [0.15, 0.2) is 90.2 Å². The zero-order valence-electron chi connectivity index (χ0n) is 28.4. The highest BCUT2D eigenvalue weighted by Gasteiger charge is 2.37. The quantitative estimate of drug-likeness (QED) is 0.196. The van der Waals surface area contributed by atoms with Gasteiger partial charge in [-0.25, -0.2) is 23.4 Å². The van der Waals surface area contributed by atoms with Crippen molar-refractivity contribution < 1.29 is 23.4 Å². The Kier molecular flexibility index (Phi) is 9.10. The van der Waals surface area contributed by atoms with Crippen LogP contribution in [0.25, 0.3) is 16.0 Å². The maximum Gasteiger partial charge on any atom is 0.298 e. The monoisotopic (exact) mass is 739 g/mol. The predicted octanol–water partition coefficient (Wildman–Crippen LogP) is 4.21. The number of piperidine rings is 1. The summed E-state index contributed by atoms with van der Waals surface area (Å²) in [6.45, 7) is 2.10. The van der Waals surface area contributed by atoms with Crippen LogP contribution in [0.2, 0.25) is 0 Å². The van der Waals surface area contributed by atoms with Crippen molar-refractivity contribution in [2.24, 2.45) is 0 Å². The fraction of sp³-hybridized carbons (Fsp3) is 0.270. The van der Waals surface area contributed by atoms with Crippen LogP contribution in [0, 0.1) is 11.6 Å². The number of amides is 1. The van der Waals surface area contributed by atoms with E-state index in [1.165, 1.54) is 28.0 Å². The lowest BCUT2D eigenvalue weighted by Gasteiger charge is -2.38. The van der Waals surface area contributed by atoms with Gasteiger partial charge in [-0.1, -0.05) is 24.3 Å². The number of hydrogen-bond donors (Lipinski definition) is 3. The Hall–Kier alpha value is -5.71. The zero-order valence-corrected chi connectivity index (χ0v) is 29.2. The van der Waals surface area contributed by atoms with Gasteiger partial charge in [0.15, 0.2) is 5.82 Å². The number of β-amino-alcohol motifs (C(OH)–C–C–N with tert-alkyl or cyclic N) is 1. The predicted molar refractivity (Wildman–Crippen MR) is 196 cm³/mol. The van der Waals surface area contributed by atoms with Crippen LogP contribution in [0.3, 0.4) is 0 Å². The molecule has 53 heavy (non-hydrogen) atoms. The van der Waals surface area contributed by atoms with E-state index in [-0.39, 0.29) is 36.4 Å². The highest BCUT2D eigenvalue weighted by Crippen LogP contribution is 2.39. The first-order valence-electron chi connectivity index (χ1n) is 17.1. The molecule has 8 rings (SSSR count). The van der Waals surface area contributed by atoms with Gasteiger partial charge in [0, 0.05) is 43.0 Å². The number of hydrogen-bond acceptors (Lipinski definition) is 11. The molecule has 0 bridgehead atoms. The summed E-state index contributed by atoms with van der Waals surface area (Å²) < 4.78 is 37.5. The van der Waals surface area contributed by atoms with Gasteiger partial charge in [0.1, 0.15) is 47.1 Å². The maximum absolute atomic E-state index is 14.9. The molecule has 16 heteroatoms. The average molecular weight is 740 g/mol. The Morgan fingerprint density at radius 2 is 1.83 bits per heavy atom. The molecule has 13 nitrogen and oxygen atoms in total. The third-order valence-electron chi connectivity index (χ3n) is 9.66. The van der Waals surface area contributed by atoms with Crippen LogP contribution in [0.4, 0.5) is 26.0 Å². The lowest BCUT2D eigenvalue weighted by atomic mass is 9.91. The Labute approximate surface area is 305 Å². The van der Waals surface area contributed by atoms with Crippen LogP contribution >= 0.6 is 11.3 Å². The molecule has 0 unspecified atom stereocenters. The molecule has 4 N–H and O–H groups in total. The van der Waals surface area contributed by atoms with Crippen molar-refractivity contribution >= 4 is 44.8 Å². The molecule has 1 atom stereocenters. The minimum absolute atomic E-state index is 0.0421. The fourth-order valence-corrected chi connectivity index (χ4v) is 8.04. The van der Waals surface area contributed by atoms with Crippen molar-refractivity contribution in [3.8, 4) is 11.4 Å². The summed E-state index contributed by atoms with van der Waals surface area (Å²) in [7, 11) is 0. The number of rotatable bonds is 9. The van der Waals surface area contributed by atoms with E-state index in [0.717, 1.165) is 34.8 Å². The number of nitrogens with zero attached hydrogens (tertiary/aromatic N) is 7. The molecule has 1 saturated heterocycles. The van der Waals surface area contributed by atoms with E-state index in [0.29, 0.717) is 65.7 Å². The number of halogens is 2. The van der Waals surface area contributed by atoms with Crippen molar-refractivity contribution in [1.29, 1.82) is 0 Å². The maximum atomic E-state index is 14.9. The van der Waals surface area contributed by atoms with Gasteiger partial charge in [-0.05, 0) is 55.3 Å². The van der Waals surface area contributed by atoms with Gasteiger partial charge in [0.05, 0.1) is 34.9 Å². The van der Waals surface area contributed by atoms with Crippen molar-refractivity contribution in [2.45, 2.75) is 31.0 Å². The lowest BCUT2D eigenvalue weighted by Crippen LogP contribution is -2.50. The molecule has 3 aromatic heterocycles. The number of carbonyl (C=O) groups excluding carboxylic acids is 1. The smallest absolute Gasteiger partial charge is 0.298 e. The molecule has 0 saturated carbocycles. The SMILES string of the molecule is Nc1nc2sc(C(=O)NC3CCN(C[C@@](O)(Cn4cncn4)c4ccc(F)cc4F)CC3)cc2n(-c2ccc3c(c2)N(c2ccccc2)CCO3)c1=O. The summed E-state index contributed by atoms with van der Waals surface area (Å²) >= 11 is 1.14. The molecule has 2 aliphatic rings. The number of ether oxygens (including phenoxy) is 1. The Morgan fingerprint density at radius 1 is 1.02 bits per heavy atom. The third-order valence-corrected chi connectivity index (χ3v) is 10.7. The number of aliphatic hydroxyl groups is 1. The summed E-state index contributed by atoms with van der Waals surface area (Å²) in [5.41, 5.74) is 6.65. The zero-order chi connectivity index (χ0) is 36.7. The van der Waals surface area contributed by atoms with E-state index < -0.39 is 22.8 Å². The van der Waals surface area contributed by atoms with Crippen LogP contribution < -0.4 is 26.2 Å². The lowest BCUT2D eigenvalue weighted by molar-refractivity contribution is -0.0271. The number of carbonyl (C=O) groups is 1. The topological polar surface area (TPSA) is 157 Å². The molecule has 0 spiro atoms. The molecule has 272 valence electrons. The van der Waals surface area contributed by atoms with Crippen molar-refractivity contribution in [2.75, 3.05) is 43.4 Å². The fourth-order valence-electron chi connectivity index (χ4n) is 7.11. The molecular formula is C37H35F2N9O4S. The number of nitrogen functional groups attached to an aromatic ring is 1. The minimum atomic E-state index is -1.73. The normalized spacial score (nSPS) is 16.2. The third kappa shape index (κ3) is 6.83. The number of thiophene rings is 1. The number of benzene rings is 3. The number of nitrogens with two attached hydrogens (primary N) is 1. The molecule has 5 heterocycles. The summed E-state index contributed by atoms with van der Waals surface area (Å²) in [4.78, 5) is 40.3. The van der Waals surface area contributed by atoms with Crippen LogP contribution in [0.1, 0.15) is 28.1 Å². The number of anilines is 3. The van der Waals surface area contributed by atoms with Gasteiger partial charge in [0.2, 0.25) is 0 Å². The van der Waals surface area contributed by atoms with Gasteiger partial charge >= 0.3 is 0 Å². The Balaban J connectivity index is 0.993. The van der Waals surface area contributed by atoms with Crippen LogP contribution in [-0.4, -0.2) is 79.1 Å². The van der Waals surface area contributed by atoms with Crippen molar-refractivity contribution in [1.82, 2.24) is 34.5 Å². The van der Waals surface area contributed by atoms with Crippen molar-refractivity contribution in [3.05, 3.63) is 118 Å². The second-order valence-electron chi connectivity index (χ2n) is 13.2. The number of nitrogens with one attached hydrogen (secondary N) is 1. The molecular weight excluding hydrogens is 705 g/mol. The number of aromatic nitrogens is 5. The average Bonchev–Trinajstić information content (AvgIpc) is 3.83. The first-order chi connectivity index (χ1) is 25.6. The van der Waals surface area contributed by atoms with E-state index in [2.05, 4.69) is 25.3 Å². The van der Waals surface area contributed by atoms with Crippen molar-refractivity contribution in [3.63, 3.8) is 0 Å². The van der Waals surface area contributed by atoms with Gasteiger partial charge in [-0.3, -0.25) is 19.1 Å². The highest BCUT2D eigenvalue weighted by atomic mass is 32.1. The molecule has 0 radical (unpaired) electrons. The molecule has 0 aliphatic carbocycles. The number of likely N-dealkylation sites (tertiary alicyclic amines) is 1. The highest BCUT2D eigenvalue weighted by molar-refractivity contribution is 7.20. The Morgan fingerprint density at radius 3 is 2.58 bits per heavy atom. The summed E-state index contributed by atoms with van der Waals surface area (Å²) in [6, 6.07) is 20.0. The van der Waals surface area contributed by atoms with E-state index in [4.69, 9.17) is 10.5 Å². The van der Waals surface area contributed by atoms with Crippen LogP contribution in [0.5, 0.6) is 5.75 Å². The molecule has 6 aromatic rings. The van der Waals surface area contributed by atoms with E-state index in [1.807, 2.05) is 47.4 Å². The van der Waals surface area contributed by atoms with Gasteiger partial charge < -0.3 is 25.8 Å². The van der Waals surface area contributed by atoms with E-state index in [9.17, 15) is 23.5 Å². The standard InChI is InChI=1S/C37H35F2N9O4S/c38-23-6-8-27(28(39)16-23)37(51,20-46-22-41-21-42-46)19-45-12-10-24(11-13-45)43-34(49)32-18-30-35(53-32)44-33(40)36(50)48(30)26-7-9-31-29(17-26)47(14-15-52-31)25-4-2-1-3-5-25/h1-9,16-18,21-22,24,51H,10-15,19-20H2,(H2,40,44)(H,43,49)/t37-/m1/s1. The van der Waals surface area contributed by atoms with E-state index >= 15 is 0 Å². The summed E-state index contributed by atoms with van der Waals surface area (Å²) in [5, 5.41) is 18.9. The first kappa shape index (κ1) is 34.4. The number of para-hydroxylation sites is 1. The molecule has 3 aromatic carbocycles. The van der Waals surface area contributed by atoms with Crippen LogP contribution in [-0.2, 0) is 12.1 Å². The second-order valence-corrected chi connectivity index (χ2v) is 14.2. The minimum Gasteiger partial charge on any atom is -0.490 e. The largest absolute Gasteiger partial charge is 0.490 e. The van der Waals surface area contributed by atoms with E-state index in [1.54, 1.807) is 12.1 Å². The van der Waals surface area contributed by atoms with Gasteiger partial charge in [-0.15, -0.1) is 11.3 Å². The second kappa shape index (κ2) is 14.0. The molecule has 1 fully saturated rings. The molecule has 2 aliphatic heterocycles.